The summed E-state index contributed by atoms with van der Waals surface area (Å²) >= 11 is 6.45. The highest BCUT2D eigenvalue weighted by atomic mass is 35.5. The number of hydrogen-bond donors (Lipinski definition) is 1. The summed E-state index contributed by atoms with van der Waals surface area (Å²) in [6.45, 7) is 9.51. The molecule has 40 heavy (non-hydrogen) atoms. The molecule has 3 aromatic carbocycles. The molecule has 0 unspecified atom stereocenters. The minimum absolute atomic E-state index is 0.0539. The lowest BCUT2D eigenvalue weighted by Gasteiger charge is -2.34. The van der Waals surface area contributed by atoms with Crippen molar-refractivity contribution in [3.63, 3.8) is 0 Å². The first-order valence-electron chi connectivity index (χ1n) is 13.4. The van der Waals surface area contributed by atoms with E-state index >= 15 is 0 Å². The highest BCUT2D eigenvalue weighted by Gasteiger charge is 2.34. The number of carbonyl (C=O) groups is 2. The van der Waals surface area contributed by atoms with Crippen LogP contribution in [-0.2, 0) is 26.2 Å². The summed E-state index contributed by atoms with van der Waals surface area (Å²) < 4.78 is 29.1. The molecule has 0 radical (unpaired) electrons. The van der Waals surface area contributed by atoms with E-state index in [4.69, 9.17) is 11.6 Å². The van der Waals surface area contributed by atoms with Crippen LogP contribution < -0.4 is 9.62 Å². The second kappa shape index (κ2) is 13.8. The van der Waals surface area contributed by atoms with Crippen LogP contribution in [0.3, 0.4) is 0 Å². The van der Waals surface area contributed by atoms with Gasteiger partial charge < -0.3 is 10.2 Å². The van der Waals surface area contributed by atoms with Crippen molar-refractivity contribution in [2.75, 3.05) is 17.4 Å². The Morgan fingerprint density at radius 1 is 0.925 bits per heavy atom. The molecule has 214 valence electrons. The van der Waals surface area contributed by atoms with Crippen LogP contribution in [0.15, 0.2) is 77.7 Å². The van der Waals surface area contributed by atoms with Gasteiger partial charge in [-0.05, 0) is 61.6 Å². The normalized spacial score (nSPS) is 12.2. The molecule has 0 bridgehead atoms. The van der Waals surface area contributed by atoms with E-state index in [1.165, 1.54) is 17.0 Å². The van der Waals surface area contributed by atoms with Crippen molar-refractivity contribution >= 4 is 39.1 Å². The highest BCUT2D eigenvalue weighted by molar-refractivity contribution is 7.92. The van der Waals surface area contributed by atoms with E-state index in [-0.39, 0.29) is 23.3 Å². The molecule has 0 aliphatic rings. The molecule has 9 heteroatoms. The summed E-state index contributed by atoms with van der Waals surface area (Å²) in [4.78, 5) is 28.9. The van der Waals surface area contributed by atoms with Crippen LogP contribution in [0.5, 0.6) is 0 Å². The molecule has 0 spiro atoms. The number of sulfonamides is 1. The summed E-state index contributed by atoms with van der Waals surface area (Å²) in [7, 11) is -4.12. The van der Waals surface area contributed by atoms with Crippen molar-refractivity contribution in [3.8, 4) is 0 Å². The molecule has 1 atom stereocenters. The predicted octanol–water partition coefficient (Wildman–Crippen LogP) is 5.73. The van der Waals surface area contributed by atoms with E-state index in [9.17, 15) is 18.0 Å². The summed E-state index contributed by atoms with van der Waals surface area (Å²) in [5.74, 6) is -0.573. The Hall–Kier alpha value is -3.36. The van der Waals surface area contributed by atoms with Gasteiger partial charge in [0.05, 0.1) is 10.6 Å². The van der Waals surface area contributed by atoms with Crippen molar-refractivity contribution in [1.29, 1.82) is 0 Å². The van der Waals surface area contributed by atoms with Crippen LogP contribution in [0.2, 0.25) is 5.02 Å². The molecule has 0 aliphatic heterocycles. The molecule has 0 heterocycles. The molecule has 2 amide bonds. The number of benzene rings is 3. The number of halogens is 1. The van der Waals surface area contributed by atoms with Gasteiger partial charge in [0.25, 0.3) is 10.0 Å². The number of nitrogens with one attached hydrogen (secondary N) is 1. The maximum absolute atomic E-state index is 14.1. The molecular weight excluding hydrogens is 546 g/mol. The van der Waals surface area contributed by atoms with E-state index < -0.39 is 28.5 Å². The third-order valence-corrected chi connectivity index (χ3v) is 8.78. The summed E-state index contributed by atoms with van der Waals surface area (Å²) in [6, 6.07) is 19.9. The van der Waals surface area contributed by atoms with Gasteiger partial charge in [-0.3, -0.25) is 13.9 Å². The predicted molar refractivity (Wildman–Crippen MR) is 161 cm³/mol. The lowest BCUT2D eigenvalue weighted by Crippen LogP contribution is -2.52. The van der Waals surface area contributed by atoms with E-state index in [1.807, 2.05) is 39.8 Å². The van der Waals surface area contributed by atoms with E-state index in [2.05, 4.69) is 5.32 Å². The largest absolute Gasteiger partial charge is 0.354 e. The average Bonchev–Trinajstić information content (AvgIpc) is 2.92. The van der Waals surface area contributed by atoms with E-state index in [0.717, 1.165) is 9.87 Å². The number of hydrogen-bond acceptors (Lipinski definition) is 4. The fraction of sp³-hybridized carbons (Fsp3) is 0.355. The number of amides is 2. The first kappa shape index (κ1) is 31.2. The lowest BCUT2D eigenvalue weighted by atomic mass is 10.1. The number of aryl methyl sites for hydroxylation is 2. The molecule has 0 saturated carbocycles. The SMILES string of the molecule is CC[C@@H](C(=O)NCC(C)C)N(Cc1ccccc1Cl)C(=O)CN(c1ccccc1C)S(=O)(=O)c1ccc(C)cc1. The van der Waals surface area contributed by atoms with Crippen molar-refractivity contribution in [3.05, 3.63) is 94.5 Å². The molecule has 0 aromatic heterocycles. The zero-order valence-electron chi connectivity index (χ0n) is 23.7. The van der Waals surface area contributed by atoms with E-state index in [0.29, 0.717) is 34.8 Å². The van der Waals surface area contributed by atoms with Gasteiger partial charge in [0.2, 0.25) is 11.8 Å². The number of carbonyl (C=O) groups excluding carboxylic acids is 2. The van der Waals surface area contributed by atoms with Gasteiger partial charge in [-0.2, -0.15) is 0 Å². The van der Waals surface area contributed by atoms with Gasteiger partial charge in [-0.1, -0.05) is 86.5 Å². The van der Waals surface area contributed by atoms with Crippen molar-refractivity contribution < 1.29 is 18.0 Å². The number of para-hydroxylation sites is 1. The quantitative estimate of drug-likeness (QED) is 0.295. The van der Waals surface area contributed by atoms with Gasteiger partial charge in [-0.25, -0.2) is 8.42 Å². The van der Waals surface area contributed by atoms with E-state index in [1.54, 1.807) is 55.5 Å². The molecule has 0 aliphatic carbocycles. The third kappa shape index (κ3) is 7.64. The van der Waals surface area contributed by atoms with Crippen molar-refractivity contribution in [2.24, 2.45) is 5.92 Å². The van der Waals surface area contributed by atoms with Crippen LogP contribution in [0.1, 0.15) is 43.9 Å². The van der Waals surface area contributed by atoms with Crippen LogP contribution in [-0.4, -0.2) is 44.3 Å². The maximum Gasteiger partial charge on any atom is 0.264 e. The van der Waals surface area contributed by atoms with Crippen molar-refractivity contribution in [2.45, 2.75) is 58.5 Å². The monoisotopic (exact) mass is 583 g/mol. The first-order valence-corrected chi connectivity index (χ1v) is 15.2. The van der Waals surface area contributed by atoms with Crippen LogP contribution >= 0.6 is 11.6 Å². The topological polar surface area (TPSA) is 86.8 Å². The lowest BCUT2D eigenvalue weighted by molar-refractivity contribution is -0.140. The Morgan fingerprint density at radius 2 is 1.55 bits per heavy atom. The Morgan fingerprint density at radius 3 is 2.15 bits per heavy atom. The van der Waals surface area contributed by atoms with Crippen molar-refractivity contribution in [1.82, 2.24) is 10.2 Å². The fourth-order valence-corrected chi connectivity index (χ4v) is 6.02. The van der Waals surface area contributed by atoms with Crippen LogP contribution in [0.25, 0.3) is 0 Å². The van der Waals surface area contributed by atoms with Gasteiger partial charge >= 0.3 is 0 Å². The highest BCUT2D eigenvalue weighted by Crippen LogP contribution is 2.28. The van der Waals surface area contributed by atoms with Crippen LogP contribution in [0, 0.1) is 19.8 Å². The number of anilines is 1. The summed E-state index contributed by atoms with van der Waals surface area (Å²) in [5.41, 5.74) is 2.68. The first-order chi connectivity index (χ1) is 18.9. The standard InChI is InChI=1S/C31H38ClN3O4S/c1-6-28(31(37)33-19-22(2)3)34(20-25-12-8-9-13-27(25)32)30(36)21-35(29-14-10-7-11-24(29)5)40(38,39)26-17-15-23(4)16-18-26/h7-18,22,28H,6,19-21H2,1-5H3,(H,33,37)/t28-/m0/s1. The smallest absolute Gasteiger partial charge is 0.264 e. The minimum Gasteiger partial charge on any atom is -0.354 e. The molecule has 0 fully saturated rings. The molecule has 0 saturated heterocycles. The average molecular weight is 584 g/mol. The Labute approximate surface area is 243 Å². The molecule has 3 rings (SSSR count). The summed E-state index contributed by atoms with van der Waals surface area (Å²) in [5, 5.41) is 3.39. The Bertz CT molecular complexity index is 1420. The number of nitrogens with zero attached hydrogens (tertiary/aromatic N) is 2. The van der Waals surface area contributed by atoms with Crippen LogP contribution in [0.4, 0.5) is 5.69 Å². The third-order valence-electron chi connectivity index (χ3n) is 6.64. The number of rotatable bonds is 12. The van der Waals surface area contributed by atoms with Gasteiger partial charge in [0.1, 0.15) is 12.6 Å². The molecule has 1 N–H and O–H groups in total. The Balaban J connectivity index is 2.07. The van der Waals surface area contributed by atoms with Gasteiger partial charge in [-0.15, -0.1) is 0 Å². The second-order valence-electron chi connectivity index (χ2n) is 10.3. The van der Waals surface area contributed by atoms with Gasteiger partial charge in [0.15, 0.2) is 0 Å². The minimum atomic E-state index is -4.12. The zero-order chi connectivity index (χ0) is 29.4. The maximum atomic E-state index is 14.1. The Kier molecular flexibility index (Phi) is 10.8. The zero-order valence-corrected chi connectivity index (χ0v) is 25.3. The second-order valence-corrected chi connectivity index (χ2v) is 12.6. The molecule has 7 nitrogen and oxygen atoms in total. The molecular formula is C31H38ClN3O4S. The summed E-state index contributed by atoms with van der Waals surface area (Å²) in [6.07, 6.45) is 0.342. The fourth-order valence-electron chi connectivity index (χ4n) is 4.35. The molecule has 3 aromatic rings. The van der Waals surface area contributed by atoms with Gasteiger partial charge in [0, 0.05) is 18.1 Å².